The number of aromatic nitrogens is 2. The van der Waals surface area contributed by atoms with Crippen molar-refractivity contribution in [2.45, 2.75) is 25.3 Å². The van der Waals surface area contributed by atoms with Crippen LogP contribution in [-0.4, -0.2) is 15.6 Å². The van der Waals surface area contributed by atoms with Crippen LogP contribution in [0.25, 0.3) is 5.69 Å². The summed E-state index contributed by atoms with van der Waals surface area (Å²) in [7, 11) is 0. The van der Waals surface area contributed by atoms with Gasteiger partial charge >= 0.3 is 5.69 Å². The third-order valence-corrected chi connectivity index (χ3v) is 3.27. The summed E-state index contributed by atoms with van der Waals surface area (Å²) in [6.07, 6.45) is 7.23. The molecule has 0 spiro atoms. The first kappa shape index (κ1) is 10.2. The highest BCUT2D eigenvalue weighted by Gasteiger charge is 2.16. The van der Waals surface area contributed by atoms with Crippen LogP contribution in [0.2, 0.25) is 0 Å². The molecule has 2 N–H and O–H groups in total. The van der Waals surface area contributed by atoms with Crippen LogP contribution >= 0.6 is 0 Å². The van der Waals surface area contributed by atoms with Crippen molar-refractivity contribution in [2.24, 2.45) is 0 Å². The lowest BCUT2D eigenvalue weighted by molar-refractivity contribution is 0.445. The Hall–Kier alpha value is -1.97. The summed E-state index contributed by atoms with van der Waals surface area (Å²) < 4.78 is 1.59. The summed E-state index contributed by atoms with van der Waals surface area (Å²) in [6.45, 7) is 0. The molecule has 0 aliphatic heterocycles. The molecule has 0 bridgehead atoms. The van der Waals surface area contributed by atoms with E-state index in [0.717, 1.165) is 11.4 Å². The Bertz CT molecular complexity index is 549. The number of aromatic amines is 1. The summed E-state index contributed by atoms with van der Waals surface area (Å²) >= 11 is 0. The molecule has 1 aliphatic rings. The van der Waals surface area contributed by atoms with Gasteiger partial charge in [0.25, 0.3) is 0 Å². The smallest absolute Gasteiger partial charge is 0.330 e. The predicted molar refractivity (Wildman–Crippen MR) is 67.7 cm³/mol. The largest absolute Gasteiger partial charge is 0.382 e. The van der Waals surface area contributed by atoms with Crippen molar-refractivity contribution in [1.82, 2.24) is 9.55 Å². The molecular formula is C13H15N3O. The van der Waals surface area contributed by atoms with E-state index in [1.54, 1.807) is 17.0 Å². The second-order valence-electron chi connectivity index (χ2n) is 4.45. The van der Waals surface area contributed by atoms with Crippen molar-refractivity contribution in [3.63, 3.8) is 0 Å². The van der Waals surface area contributed by atoms with Gasteiger partial charge in [-0.3, -0.25) is 4.57 Å². The average Bonchev–Trinajstić information content (AvgIpc) is 2.71. The quantitative estimate of drug-likeness (QED) is 0.847. The fourth-order valence-electron chi connectivity index (χ4n) is 2.03. The van der Waals surface area contributed by atoms with Gasteiger partial charge in [0, 0.05) is 24.1 Å². The second kappa shape index (κ2) is 4.13. The molecule has 0 atom stereocenters. The monoisotopic (exact) mass is 229 g/mol. The molecule has 1 heterocycles. The number of benzene rings is 1. The van der Waals surface area contributed by atoms with Crippen LogP contribution < -0.4 is 11.0 Å². The summed E-state index contributed by atoms with van der Waals surface area (Å²) in [4.78, 5) is 14.1. The lowest BCUT2D eigenvalue weighted by Gasteiger charge is -2.27. The number of hydrogen-bond donors (Lipinski definition) is 2. The molecule has 3 rings (SSSR count). The Kier molecular flexibility index (Phi) is 2.48. The van der Waals surface area contributed by atoms with Gasteiger partial charge in [0.1, 0.15) is 0 Å². The zero-order valence-electron chi connectivity index (χ0n) is 9.52. The summed E-state index contributed by atoms with van der Waals surface area (Å²) in [5, 5.41) is 3.47. The van der Waals surface area contributed by atoms with E-state index >= 15 is 0 Å². The van der Waals surface area contributed by atoms with Gasteiger partial charge in [0.2, 0.25) is 0 Å². The average molecular weight is 229 g/mol. The van der Waals surface area contributed by atoms with Gasteiger partial charge < -0.3 is 10.3 Å². The SMILES string of the molecule is O=c1[nH]ccn1-c1ccc(NC2CCC2)cc1. The first-order chi connectivity index (χ1) is 8.33. The Balaban J connectivity index is 1.80. The molecule has 4 nitrogen and oxygen atoms in total. The maximum atomic E-state index is 11.4. The number of rotatable bonds is 3. The van der Waals surface area contributed by atoms with Crippen molar-refractivity contribution in [3.8, 4) is 5.69 Å². The molecule has 0 unspecified atom stereocenters. The Morgan fingerprint density at radius 1 is 1.24 bits per heavy atom. The van der Waals surface area contributed by atoms with Gasteiger partial charge in [-0.1, -0.05) is 0 Å². The predicted octanol–water partition coefficient (Wildman–Crippen LogP) is 2.13. The van der Waals surface area contributed by atoms with Crippen molar-refractivity contribution >= 4 is 5.69 Å². The first-order valence-corrected chi connectivity index (χ1v) is 5.96. The number of anilines is 1. The molecule has 4 heteroatoms. The van der Waals surface area contributed by atoms with Crippen LogP contribution in [0.15, 0.2) is 41.5 Å². The van der Waals surface area contributed by atoms with E-state index < -0.39 is 0 Å². The first-order valence-electron chi connectivity index (χ1n) is 5.96. The lowest BCUT2D eigenvalue weighted by atomic mass is 9.93. The maximum Gasteiger partial charge on any atom is 0.330 e. The third-order valence-electron chi connectivity index (χ3n) is 3.27. The Labute approximate surface area is 99.3 Å². The Morgan fingerprint density at radius 3 is 2.53 bits per heavy atom. The molecule has 1 aromatic heterocycles. The molecule has 0 saturated heterocycles. The van der Waals surface area contributed by atoms with E-state index in [9.17, 15) is 4.79 Å². The van der Waals surface area contributed by atoms with Crippen molar-refractivity contribution in [1.29, 1.82) is 0 Å². The fourth-order valence-corrected chi connectivity index (χ4v) is 2.03. The van der Waals surface area contributed by atoms with E-state index in [1.165, 1.54) is 19.3 Å². The van der Waals surface area contributed by atoms with Gasteiger partial charge in [0.05, 0.1) is 5.69 Å². The van der Waals surface area contributed by atoms with Gasteiger partial charge in [-0.2, -0.15) is 0 Å². The van der Waals surface area contributed by atoms with E-state index in [-0.39, 0.29) is 5.69 Å². The number of nitrogens with zero attached hydrogens (tertiary/aromatic N) is 1. The highest BCUT2D eigenvalue weighted by Crippen LogP contribution is 2.23. The van der Waals surface area contributed by atoms with Crippen LogP contribution in [-0.2, 0) is 0 Å². The highest BCUT2D eigenvalue weighted by atomic mass is 16.1. The lowest BCUT2D eigenvalue weighted by Crippen LogP contribution is -2.26. The molecule has 0 amide bonds. The van der Waals surface area contributed by atoms with E-state index in [2.05, 4.69) is 10.3 Å². The summed E-state index contributed by atoms with van der Waals surface area (Å²) in [6, 6.07) is 8.59. The number of imidazole rings is 1. The molecule has 88 valence electrons. The van der Waals surface area contributed by atoms with Gasteiger partial charge in [0.15, 0.2) is 0 Å². The molecule has 1 fully saturated rings. The van der Waals surface area contributed by atoms with Crippen molar-refractivity contribution in [3.05, 3.63) is 47.1 Å². The zero-order chi connectivity index (χ0) is 11.7. The molecule has 0 radical (unpaired) electrons. The topological polar surface area (TPSA) is 49.8 Å². The van der Waals surface area contributed by atoms with Gasteiger partial charge in [-0.15, -0.1) is 0 Å². The van der Waals surface area contributed by atoms with Crippen LogP contribution in [0.4, 0.5) is 5.69 Å². The molecule has 17 heavy (non-hydrogen) atoms. The van der Waals surface area contributed by atoms with Crippen molar-refractivity contribution in [2.75, 3.05) is 5.32 Å². The highest BCUT2D eigenvalue weighted by molar-refractivity contribution is 5.49. The maximum absolute atomic E-state index is 11.4. The number of H-pyrrole nitrogens is 1. The zero-order valence-corrected chi connectivity index (χ0v) is 9.52. The van der Waals surface area contributed by atoms with Crippen LogP contribution in [0.1, 0.15) is 19.3 Å². The van der Waals surface area contributed by atoms with E-state index in [4.69, 9.17) is 0 Å². The van der Waals surface area contributed by atoms with Crippen LogP contribution in [0, 0.1) is 0 Å². The van der Waals surface area contributed by atoms with E-state index in [1.807, 2.05) is 24.3 Å². The van der Waals surface area contributed by atoms with E-state index in [0.29, 0.717) is 6.04 Å². The van der Waals surface area contributed by atoms with Gasteiger partial charge in [-0.25, -0.2) is 4.79 Å². The second-order valence-corrected chi connectivity index (χ2v) is 4.45. The number of hydrogen-bond acceptors (Lipinski definition) is 2. The summed E-state index contributed by atoms with van der Waals surface area (Å²) in [5.41, 5.74) is 1.90. The molecule has 1 saturated carbocycles. The third kappa shape index (κ3) is 1.98. The van der Waals surface area contributed by atoms with Gasteiger partial charge in [-0.05, 0) is 43.5 Å². The molecular weight excluding hydrogens is 214 g/mol. The normalized spacial score (nSPS) is 15.5. The van der Waals surface area contributed by atoms with Crippen LogP contribution in [0.3, 0.4) is 0 Å². The molecule has 1 aromatic carbocycles. The minimum Gasteiger partial charge on any atom is -0.382 e. The number of nitrogens with one attached hydrogen (secondary N) is 2. The van der Waals surface area contributed by atoms with Crippen LogP contribution in [0.5, 0.6) is 0 Å². The molecule has 2 aromatic rings. The minimum atomic E-state index is -0.107. The standard InChI is InChI=1S/C13H15N3O/c17-13-14-8-9-16(13)12-6-4-11(5-7-12)15-10-2-1-3-10/h4-10,15H,1-3H2,(H,14,17). The summed E-state index contributed by atoms with van der Waals surface area (Å²) in [5.74, 6) is 0. The minimum absolute atomic E-state index is 0.107. The Morgan fingerprint density at radius 2 is 2.00 bits per heavy atom. The fraction of sp³-hybridized carbons (Fsp3) is 0.308. The molecule has 1 aliphatic carbocycles. The van der Waals surface area contributed by atoms with Crippen molar-refractivity contribution < 1.29 is 0 Å².